The van der Waals surface area contributed by atoms with E-state index in [4.69, 9.17) is 27.9 Å². The summed E-state index contributed by atoms with van der Waals surface area (Å²) in [5.41, 5.74) is 0.889. The van der Waals surface area contributed by atoms with Gasteiger partial charge in [0, 0.05) is 6.20 Å². The van der Waals surface area contributed by atoms with E-state index in [-0.39, 0.29) is 22.5 Å². The van der Waals surface area contributed by atoms with Crippen molar-refractivity contribution >= 4 is 29.2 Å². The largest absolute Gasteiger partial charge is 0.455 e. The first-order valence-electron chi connectivity index (χ1n) is 4.78. The fraction of sp³-hybridized carbons (Fsp3) is 0.0909. The van der Waals surface area contributed by atoms with E-state index < -0.39 is 5.97 Å². The van der Waals surface area contributed by atoms with Gasteiger partial charge in [0.2, 0.25) is 0 Å². The number of rotatable bonds is 3. The second-order valence-electron chi connectivity index (χ2n) is 3.24. The smallest absolute Gasteiger partial charge is 0.355 e. The first-order chi connectivity index (χ1) is 8.16. The number of ether oxygens (including phenoxy) is 1. The molecule has 0 amide bonds. The van der Waals surface area contributed by atoms with Gasteiger partial charge in [-0.2, -0.15) is 0 Å². The molecule has 2 heterocycles. The summed E-state index contributed by atoms with van der Waals surface area (Å²) in [6.07, 6.45) is 1.63. The number of halogens is 2. The maximum absolute atomic E-state index is 11.6. The van der Waals surface area contributed by atoms with Crippen molar-refractivity contribution in [3.05, 3.63) is 52.0 Å². The second-order valence-corrected chi connectivity index (χ2v) is 4.03. The lowest BCUT2D eigenvalue weighted by Crippen LogP contribution is -2.06. The Morgan fingerprint density at radius 3 is 2.82 bits per heavy atom. The van der Waals surface area contributed by atoms with Crippen LogP contribution in [0.5, 0.6) is 0 Å². The van der Waals surface area contributed by atoms with E-state index in [2.05, 4.69) is 9.97 Å². The fourth-order valence-electron chi connectivity index (χ4n) is 1.21. The van der Waals surface area contributed by atoms with Gasteiger partial charge in [-0.25, -0.2) is 4.79 Å². The molecule has 4 nitrogen and oxygen atoms in total. The molecule has 2 aromatic rings. The molecule has 0 fully saturated rings. The molecule has 0 bridgehead atoms. The van der Waals surface area contributed by atoms with Crippen molar-refractivity contribution in [2.24, 2.45) is 0 Å². The van der Waals surface area contributed by atoms with E-state index in [0.717, 1.165) is 0 Å². The molecule has 0 unspecified atom stereocenters. The highest BCUT2D eigenvalue weighted by Gasteiger charge is 2.13. The monoisotopic (exact) mass is 270 g/mol. The highest BCUT2D eigenvalue weighted by Crippen LogP contribution is 2.22. The molecular weight excluding hydrogens is 263 g/mol. The summed E-state index contributed by atoms with van der Waals surface area (Å²) >= 11 is 11.4. The van der Waals surface area contributed by atoms with Crippen molar-refractivity contribution in [2.45, 2.75) is 6.61 Å². The van der Waals surface area contributed by atoms with Crippen LogP contribution in [0.4, 0.5) is 0 Å². The van der Waals surface area contributed by atoms with Gasteiger partial charge in [-0.1, -0.05) is 29.3 Å². The molecule has 17 heavy (non-hydrogen) atoms. The standard InChI is InChI=1S/C11H8Cl2N2O2/c12-8-5-9(15-10(8)13)11(16)17-6-7-3-1-2-4-14-7/h1-5,15H,6H2. The average Bonchev–Trinajstić information content (AvgIpc) is 2.68. The van der Waals surface area contributed by atoms with Gasteiger partial charge in [-0.3, -0.25) is 4.98 Å². The number of carbonyl (C=O) groups is 1. The Kier molecular flexibility index (Phi) is 3.66. The third kappa shape index (κ3) is 2.99. The summed E-state index contributed by atoms with van der Waals surface area (Å²) in [4.78, 5) is 18.2. The molecule has 0 spiro atoms. The Hall–Kier alpha value is -1.52. The van der Waals surface area contributed by atoms with Crippen LogP contribution in [0.3, 0.4) is 0 Å². The molecule has 0 atom stereocenters. The lowest BCUT2D eigenvalue weighted by Gasteiger charge is -2.02. The summed E-state index contributed by atoms with van der Waals surface area (Å²) in [5, 5.41) is 0.507. The van der Waals surface area contributed by atoms with Gasteiger partial charge in [-0.15, -0.1) is 0 Å². The SMILES string of the molecule is O=C(OCc1ccccn1)c1cc(Cl)c(Cl)[nH]1. The van der Waals surface area contributed by atoms with E-state index in [1.165, 1.54) is 6.07 Å². The van der Waals surface area contributed by atoms with Crippen LogP contribution in [0.1, 0.15) is 16.2 Å². The van der Waals surface area contributed by atoms with Gasteiger partial charge in [0.15, 0.2) is 0 Å². The number of carbonyl (C=O) groups excluding carboxylic acids is 1. The number of aromatic amines is 1. The molecule has 0 aromatic carbocycles. The summed E-state index contributed by atoms with van der Waals surface area (Å²) in [7, 11) is 0. The summed E-state index contributed by atoms with van der Waals surface area (Å²) < 4.78 is 5.03. The quantitative estimate of drug-likeness (QED) is 0.873. The Morgan fingerprint density at radius 1 is 1.41 bits per heavy atom. The lowest BCUT2D eigenvalue weighted by atomic mass is 10.4. The van der Waals surface area contributed by atoms with Crippen molar-refractivity contribution in [2.75, 3.05) is 0 Å². The van der Waals surface area contributed by atoms with Gasteiger partial charge in [-0.05, 0) is 18.2 Å². The molecule has 0 aliphatic heterocycles. The number of hydrogen-bond acceptors (Lipinski definition) is 3. The number of pyridine rings is 1. The maximum atomic E-state index is 11.6. The minimum absolute atomic E-state index is 0.105. The molecule has 6 heteroatoms. The first-order valence-corrected chi connectivity index (χ1v) is 5.53. The van der Waals surface area contributed by atoms with Gasteiger partial charge < -0.3 is 9.72 Å². The zero-order chi connectivity index (χ0) is 12.3. The topological polar surface area (TPSA) is 55.0 Å². The third-order valence-electron chi connectivity index (χ3n) is 2.02. The van der Waals surface area contributed by atoms with Crippen LogP contribution in [0, 0.1) is 0 Å². The van der Waals surface area contributed by atoms with Crippen LogP contribution in [0.15, 0.2) is 30.5 Å². The number of esters is 1. The summed E-state index contributed by atoms with van der Waals surface area (Å²) in [6, 6.07) is 6.79. The van der Waals surface area contributed by atoms with Crippen molar-refractivity contribution in [1.82, 2.24) is 9.97 Å². The van der Waals surface area contributed by atoms with Gasteiger partial charge in [0.1, 0.15) is 17.5 Å². The van der Waals surface area contributed by atoms with Crippen LogP contribution >= 0.6 is 23.2 Å². The number of nitrogens with one attached hydrogen (secondary N) is 1. The van der Waals surface area contributed by atoms with E-state index in [0.29, 0.717) is 5.69 Å². The van der Waals surface area contributed by atoms with Gasteiger partial charge in [0.25, 0.3) is 0 Å². The molecular formula is C11H8Cl2N2O2. The lowest BCUT2D eigenvalue weighted by molar-refractivity contribution is 0.0461. The number of aromatic nitrogens is 2. The van der Waals surface area contributed by atoms with Crippen molar-refractivity contribution in [1.29, 1.82) is 0 Å². The van der Waals surface area contributed by atoms with Crippen LogP contribution in [-0.2, 0) is 11.3 Å². The number of hydrogen-bond donors (Lipinski definition) is 1. The summed E-state index contributed by atoms with van der Waals surface area (Å²) in [6.45, 7) is 0.105. The van der Waals surface area contributed by atoms with Crippen molar-refractivity contribution < 1.29 is 9.53 Å². The number of nitrogens with zero attached hydrogens (tertiary/aromatic N) is 1. The second kappa shape index (κ2) is 5.21. The highest BCUT2D eigenvalue weighted by molar-refractivity contribution is 6.41. The summed E-state index contributed by atoms with van der Waals surface area (Å²) in [5.74, 6) is -0.524. The van der Waals surface area contributed by atoms with Crippen LogP contribution in [0.2, 0.25) is 10.2 Å². The molecule has 2 aromatic heterocycles. The Labute approximate surface area is 108 Å². The first kappa shape index (κ1) is 12.0. The van der Waals surface area contributed by atoms with E-state index in [1.807, 2.05) is 6.07 Å². The molecule has 2 rings (SSSR count). The molecule has 88 valence electrons. The predicted octanol–water partition coefficient (Wildman–Crippen LogP) is 3.07. The molecule has 0 saturated heterocycles. The molecule has 1 N–H and O–H groups in total. The van der Waals surface area contributed by atoms with Crippen LogP contribution < -0.4 is 0 Å². The van der Waals surface area contributed by atoms with E-state index in [1.54, 1.807) is 18.3 Å². The molecule has 0 aliphatic rings. The Balaban J connectivity index is 1.98. The normalized spacial score (nSPS) is 10.2. The van der Waals surface area contributed by atoms with Crippen molar-refractivity contribution in [3.63, 3.8) is 0 Å². The van der Waals surface area contributed by atoms with E-state index >= 15 is 0 Å². The molecule has 0 aliphatic carbocycles. The number of H-pyrrole nitrogens is 1. The average molecular weight is 271 g/mol. The minimum atomic E-state index is -0.524. The predicted molar refractivity (Wildman–Crippen MR) is 64.2 cm³/mol. The third-order valence-corrected chi connectivity index (χ3v) is 2.72. The van der Waals surface area contributed by atoms with Gasteiger partial charge >= 0.3 is 5.97 Å². The zero-order valence-corrected chi connectivity index (χ0v) is 10.1. The van der Waals surface area contributed by atoms with E-state index in [9.17, 15) is 4.79 Å². The Morgan fingerprint density at radius 2 is 2.24 bits per heavy atom. The van der Waals surface area contributed by atoms with Gasteiger partial charge in [0.05, 0.1) is 10.7 Å². The molecule has 0 radical (unpaired) electrons. The maximum Gasteiger partial charge on any atom is 0.355 e. The highest BCUT2D eigenvalue weighted by atomic mass is 35.5. The van der Waals surface area contributed by atoms with Crippen molar-refractivity contribution in [3.8, 4) is 0 Å². The van der Waals surface area contributed by atoms with Crippen LogP contribution in [-0.4, -0.2) is 15.9 Å². The zero-order valence-electron chi connectivity index (χ0n) is 8.61. The minimum Gasteiger partial charge on any atom is -0.455 e. The molecule has 0 saturated carbocycles. The Bertz CT molecular complexity index is 506. The fourth-order valence-corrected chi connectivity index (χ4v) is 1.53. The van der Waals surface area contributed by atoms with Crippen LogP contribution in [0.25, 0.3) is 0 Å².